The van der Waals surface area contributed by atoms with Crippen molar-refractivity contribution in [2.75, 3.05) is 13.2 Å². The standard InChI is InChI=1S/C41H64O7/c1-12-24(3)34(45)47-32-33(48-35(46)25(4)13-2)41(23-43)28(20-36(32,6)7)27-14-15-30-37(8)18-16-26(5)38(9,22-42)29(37)17-19-39(30,10)40(27,11)21-31(41)44/h12-14,26,28-33,42-44H,15-23H2,1-11H3/b24-12-,25-13-/t26-,28?,29?,30?,31+,32-,33-,37-,38-,39+,40+,41-/m0/s1. The molecule has 0 radical (unpaired) electrons. The average Bonchev–Trinajstić information content (AvgIpc) is 3.03. The van der Waals surface area contributed by atoms with Crippen LogP contribution in [0.25, 0.3) is 0 Å². The average molecular weight is 669 g/mol. The highest BCUT2D eigenvalue weighted by atomic mass is 16.6. The topological polar surface area (TPSA) is 113 Å². The molecule has 7 heteroatoms. The number of esters is 2. The molecule has 0 aromatic carbocycles. The fourth-order valence-electron chi connectivity index (χ4n) is 12.2. The number of carbonyl (C=O) groups is 2. The quantitative estimate of drug-likeness (QED) is 0.154. The number of fused-ring (bicyclic) bond motifs is 7. The predicted octanol–water partition coefficient (Wildman–Crippen LogP) is 7.34. The summed E-state index contributed by atoms with van der Waals surface area (Å²) in [6.45, 7) is 22.7. The maximum Gasteiger partial charge on any atom is 0.333 e. The number of allylic oxidation sites excluding steroid dienone is 4. The number of rotatable bonds is 6. The first-order chi connectivity index (χ1) is 22.3. The molecule has 0 amide bonds. The largest absolute Gasteiger partial charge is 0.454 e. The van der Waals surface area contributed by atoms with E-state index in [0.29, 0.717) is 41.7 Å². The van der Waals surface area contributed by atoms with Crippen molar-refractivity contribution in [3.05, 3.63) is 34.9 Å². The number of ether oxygens (including phenoxy) is 2. The Balaban J connectivity index is 1.65. The van der Waals surface area contributed by atoms with E-state index in [0.717, 1.165) is 32.1 Å². The van der Waals surface area contributed by atoms with Gasteiger partial charge < -0.3 is 24.8 Å². The van der Waals surface area contributed by atoms with Crippen molar-refractivity contribution in [1.29, 1.82) is 0 Å². The van der Waals surface area contributed by atoms with E-state index in [9.17, 15) is 24.9 Å². The Morgan fingerprint density at radius 3 is 1.98 bits per heavy atom. The summed E-state index contributed by atoms with van der Waals surface area (Å²) in [5.74, 6) is -0.0510. The summed E-state index contributed by atoms with van der Waals surface area (Å²) < 4.78 is 12.6. The Labute approximate surface area is 289 Å². The molecule has 4 fully saturated rings. The third-order valence-electron chi connectivity index (χ3n) is 16.0. The van der Waals surface area contributed by atoms with E-state index < -0.39 is 47.7 Å². The smallest absolute Gasteiger partial charge is 0.333 e. The molecule has 7 nitrogen and oxygen atoms in total. The van der Waals surface area contributed by atoms with Crippen LogP contribution in [0.3, 0.4) is 0 Å². The summed E-state index contributed by atoms with van der Waals surface area (Å²) in [5.41, 5.74) is -0.313. The number of carbonyl (C=O) groups excluding carboxylic acids is 2. The van der Waals surface area contributed by atoms with Crippen molar-refractivity contribution in [3.63, 3.8) is 0 Å². The van der Waals surface area contributed by atoms with E-state index in [1.807, 2.05) is 0 Å². The third-order valence-corrected chi connectivity index (χ3v) is 16.0. The van der Waals surface area contributed by atoms with Crippen molar-refractivity contribution >= 4 is 11.9 Å². The lowest BCUT2D eigenvalue weighted by molar-refractivity contribution is -0.265. The molecule has 3 N–H and O–H groups in total. The van der Waals surface area contributed by atoms with E-state index in [4.69, 9.17) is 9.47 Å². The lowest BCUT2D eigenvalue weighted by Gasteiger charge is -2.72. The van der Waals surface area contributed by atoms with Gasteiger partial charge in [0.25, 0.3) is 0 Å². The zero-order chi connectivity index (χ0) is 35.8. The second-order valence-corrected chi connectivity index (χ2v) is 18.2. The van der Waals surface area contributed by atoms with Crippen LogP contribution in [-0.4, -0.2) is 58.8 Å². The van der Waals surface area contributed by atoms with E-state index in [1.54, 1.807) is 39.8 Å². The van der Waals surface area contributed by atoms with Crippen LogP contribution in [0.1, 0.15) is 121 Å². The van der Waals surface area contributed by atoms with Crippen molar-refractivity contribution < 1.29 is 34.4 Å². The Morgan fingerprint density at radius 1 is 0.854 bits per heavy atom. The van der Waals surface area contributed by atoms with Crippen LogP contribution in [0.2, 0.25) is 0 Å². The van der Waals surface area contributed by atoms with E-state index in [-0.39, 0.29) is 34.2 Å². The maximum absolute atomic E-state index is 13.5. The molecule has 5 rings (SSSR count). The second-order valence-electron chi connectivity index (χ2n) is 18.2. The Bertz CT molecular complexity index is 1390. The van der Waals surface area contributed by atoms with Gasteiger partial charge in [-0.2, -0.15) is 0 Å². The molecule has 0 bridgehead atoms. The minimum Gasteiger partial charge on any atom is -0.454 e. The van der Waals surface area contributed by atoms with Crippen molar-refractivity contribution in [2.24, 2.45) is 56.2 Å². The molecule has 4 saturated carbocycles. The van der Waals surface area contributed by atoms with Crippen LogP contribution >= 0.6 is 0 Å². The van der Waals surface area contributed by atoms with Crippen molar-refractivity contribution in [2.45, 2.75) is 139 Å². The number of hydrogen-bond acceptors (Lipinski definition) is 7. The molecule has 0 aromatic rings. The van der Waals surface area contributed by atoms with Gasteiger partial charge in [0.05, 0.1) is 18.1 Å². The minimum atomic E-state index is -1.25. The summed E-state index contributed by atoms with van der Waals surface area (Å²) in [7, 11) is 0. The lowest BCUT2D eigenvalue weighted by Crippen LogP contribution is -2.72. The Kier molecular flexibility index (Phi) is 9.61. The summed E-state index contributed by atoms with van der Waals surface area (Å²) in [6, 6.07) is 0. The molecule has 3 unspecified atom stereocenters. The fraction of sp³-hybridized carbons (Fsp3) is 0.805. The SMILES string of the molecule is C/C=C(/C)C(=O)O[C@H]1[C@H](OC(=O)/C(C)=C\C)[C@@]2(CO)C(CC1(C)C)C1=CCC3[C@@]4(C)CC[C@H](C)[C@](C)(CO)C4CC[C@@]3(C)[C@]1(C)C[C@H]2O. The van der Waals surface area contributed by atoms with Crippen LogP contribution in [0.5, 0.6) is 0 Å². The highest BCUT2D eigenvalue weighted by molar-refractivity contribution is 5.88. The van der Waals surface area contributed by atoms with Crippen LogP contribution in [0.4, 0.5) is 0 Å². The van der Waals surface area contributed by atoms with Gasteiger partial charge in [0.15, 0.2) is 6.10 Å². The lowest BCUT2D eigenvalue weighted by atomic mass is 9.32. The summed E-state index contributed by atoms with van der Waals surface area (Å²) in [4.78, 5) is 26.8. The highest BCUT2D eigenvalue weighted by Gasteiger charge is 2.73. The molecule has 5 aliphatic carbocycles. The van der Waals surface area contributed by atoms with Crippen LogP contribution < -0.4 is 0 Å². The molecule has 270 valence electrons. The van der Waals surface area contributed by atoms with Gasteiger partial charge in [-0.25, -0.2) is 9.59 Å². The molecular formula is C41H64O7. The monoisotopic (exact) mass is 668 g/mol. The second kappa shape index (κ2) is 12.4. The molecule has 0 aliphatic heterocycles. The van der Waals surface area contributed by atoms with Crippen LogP contribution in [0, 0.1) is 56.2 Å². The number of aliphatic hydroxyl groups excluding tert-OH is 3. The molecule has 0 aromatic heterocycles. The van der Waals surface area contributed by atoms with Gasteiger partial charge >= 0.3 is 11.9 Å². The first-order valence-electron chi connectivity index (χ1n) is 18.6. The van der Waals surface area contributed by atoms with Crippen LogP contribution in [-0.2, 0) is 19.1 Å². The van der Waals surface area contributed by atoms with Gasteiger partial charge in [0, 0.05) is 23.2 Å². The predicted molar refractivity (Wildman–Crippen MR) is 187 cm³/mol. The Morgan fingerprint density at radius 2 is 1.44 bits per heavy atom. The van der Waals surface area contributed by atoms with Crippen LogP contribution in [0.15, 0.2) is 34.9 Å². The molecular weight excluding hydrogens is 604 g/mol. The van der Waals surface area contributed by atoms with Gasteiger partial charge in [-0.1, -0.05) is 72.3 Å². The molecule has 0 spiro atoms. The summed E-state index contributed by atoms with van der Waals surface area (Å²) in [5, 5.41) is 34.9. The number of aliphatic hydroxyl groups is 3. The molecule has 0 saturated heterocycles. The van der Waals surface area contributed by atoms with E-state index in [2.05, 4.69) is 54.5 Å². The van der Waals surface area contributed by atoms with Gasteiger partial charge in [0.2, 0.25) is 0 Å². The van der Waals surface area contributed by atoms with Crippen molar-refractivity contribution in [3.8, 4) is 0 Å². The third kappa shape index (κ3) is 4.98. The summed E-state index contributed by atoms with van der Waals surface area (Å²) >= 11 is 0. The zero-order valence-electron chi connectivity index (χ0n) is 31.6. The maximum atomic E-state index is 13.5. The molecule has 12 atom stereocenters. The first-order valence-corrected chi connectivity index (χ1v) is 18.6. The van der Waals surface area contributed by atoms with Gasteiger partial charge in [-0.3, -0.25) is 0 Å². The van der Waals surface area contributed by atoms with Gasteiger partial charge in [-0.05, 0) is 118 Å². The van der Waals surface area contributed by atoms with Crippen molar-refractivity contribution in [1.82, 2.24) is 0 Å². The summed E-state index contributed by atoms with van der Waals surface area (Å²) in [6.07, 6.45) is 9.04. The zero-order valence-corrected chi connectivity index (χ0v) is 31.6. The molecule has 0 heterocycles. The van der Waals surface area contributed by atoms with Gasteiger partial charge in [0.1, 0.15) is 6.10 Å². The van der Waals surface area contributed by atoms with E-state index >= 15 is 0 Å². The normalized spacial score (nSPS) is 47.0. The molecule has 5 aliphatic rings. The molecule has 48 heavy (non-hydrogen) atoms. The Hall–Kier alpha value is -1.96. The number of hydrogen-bond donors (Lipinski definition) is 3. The fourth-order valence-corrected chi connectivity index (χ4v) is 12.2. The highest BCUT2D eigenvalue weighted by Crippen LogP contribution is 2.76. The van der Waals surface area contributed by atoms with Gasteiger partial charge in [-0.15, -0.1) is 0 Å². The first kappa shape index (κ1) is 37.3. The van der Waals surface area contributed by atoms with E-state index in [1.165, 1.54) is 5.57 Å². The minimum absolute atomic E-state index is 0.0519.